The Labute approximate surface area is 181 Å². The van der Waals surface area contributed by atoms with E-state index in [1.54, 1.807) is 29.7 Å². The fourth-order valence-corrected chi connectivity index (χ4v) is 6.57. The standard InChI is InChI=1S/C23H24N2O5S/c1-16-13-17(20-5-2-3-6-21(20)24-16)15-30-19-9-7-18(8-10-19)23(14-22(26)25-27)11-4-12-31(23,28)29/h2-3,5-10,13,27H,4,11-12,14-15H2,1H3,(H,25,26). The number of pyridine rings is 1. The van der Waals surface area contributed by atoms with Gasteiger partial charge in [-0.2, -0.15) is 0 Å². The normalized spacial score (nSPS) is 19.9. The van der Waals surface area contributed by atoms with Crippen LogP contribution in [-0.4, -0.2) is 30.3 Å². The molecule has 0 spiro atoms. The summed E-state index contributed by atoms with van der Waals surface area (Å²) in [4.78, 5) is 16.4. The van der Waals surface area contributed by atoms with Crippen molar-refractivity contribution in [1.82, 2.24) is 10.5 Å². The van der Waals surface area contributed by atoms with Gasteiger partial charge in [0.15, 0.2) is 9.84 Å². The quantitative estimate of drug-likeness (QED) is 0.449. The molecule has 8 heteroatoms. The zero-order chi connectivity index (χ0) is 22.1. The van der Waals surface area contributed by atoms with E-state index in [2.05, 4.69) is 4.98 Å². The molecule has 1 amide bonds. The highest BCUT2D eigenvalue weighted by molar-refractivity contribution is 7.92. The van der Waals surface area contributed by atoms with Crippen molar-refractivity contribution in [2.75, 3.05) is 5.75 Å². The molecule has 2 heterocycles. The molecule has 1 unspecified atom stereocenters. The van der Waals surface area contributed by atoms with Gasteiger partial charge in [0.2, 0.25) is 5.91 Å². The first-order valence-electron chi connectivity index (χ1n) is 10.1. The maximum Gasteiger partial charge on any atom is 0.245 e. The fourth-order valence-electron chi connectivity index (χ4n) is 4.35. The van der Waals surface area contributed by atoms with Gasteiger partial charge in [-0.05, 0) is 49.6 Å². The van der Waals surface area contributed by atoms with Crippen LogP contribution in [0.2, 0.25) is 0 Å². The largest absolute Gasteiger partial charge is 0.489 e. The maximum atomic E-state index is 12.8. The first-order valence-corrected chi connectivity index (χ1v) is 11.7. The predicted octanol–water partition coefficient (Wildman–Crippen LogP) is 3.42. The summed E-state index contributed by atoms with van der Waals surface area (Å²) in [6, 6.07) is 16.7. The van der Waals surface area contributed by atoms with Crippen LogP contribution in [0.3, 0.4) is 0 Å². The van der Waals surface area contributed by atoms with Crippen LogP contribution in [0.5, 0.6) is 5.75 Å². The number of rotatable bonds is 6. The molecular formula is C23H24N2O5S. The van der Waals surface area contributed by atoms with Gasteiger partial charge in [-0.1, -0.05) is 30.3 Å². The van der Waals surface area contributed by atoms with Gasteiger partial charge in [0.05, 0.1) is 17.7 Å². The van der Waals surface area contributed by atoms with E-state index in [-0.39, 0.29) is 12.2 Å². The van der Waals surface area contributed by atoms with Crippen molar-refractivity contribution in [2.24, 2.45) is 0 Å². The van der Waals surface area contributed by atoms with Crippen LogP contribution in [0.15, 0.2) is 54.6 Å². The van der Waals surface area contributed by atoms with E-state index < -0.39 is 20.5 Å². The maximum absolute atomic E-state index is 12.8. The molecule has 1 aliphatic rings. The zero-order valence-corrected chi connectivity index (χ0v) is 18.0. The minimum atomic E-state index is -3.52. The van der Waals surface area contributed by atoms with E-state index in [1.165, 1.54) is 0 Å². The topological polar surface area (TPSA) is 106 Å². The molecule has 0 bridgehead atoms. The summed E-state index contributed by atoms with van der Waals surface area (Å²) < 4.78 is 30.2. The molecule has 1 aliphatic heterocycles. The molecule has 2 aromatic carbocycles. The number of aromatic nitrogens is 1. The van der Waals surface area contributed by atoms with Crippen LogP contribution >= 0.6 is 0 Å². The van der Waals surface area contributed by atoms with Crippen molar-refractivity contribution < 1.29 is 23.2 Å². The second-order valence-corrected chi connectivity index (χ2v) is 10.3. The molecule has 0 saturated carbocycles. The highest BCUT2D eigenvalue weighted by atomic mass is 32.2. The third kappa shape index (κ3) is 4.00. The molecule has 162 valence electrons. The first kappa shape index (κ1) is 21.3. The van der Waals surface area contributed by atoms with Gasteiger partial charge >= 0.3 is 0 Å². The molecule has 1 fully saturated rings. The Balaban J connectivity index is 1.58. The monoisotopic (exact) mass is 440 g/mol. The van der Waals surface area contributed by atoms with E-state index in [1.807, 2.05) is 37.3 Å². The molecule has 7 nitrogen and oxygen atoms in total. The fraction of sp³-hybridized carbons (Fsp3) is 0.304. The highest BCUT2D eigenvalue weighted by Crippen LogP contribution is 2.44. The average molecular weight is 441 g/mol. The lowest BCUT2D eigenvalue weighted by atomic mass is 9.90. The van der Waals surface area contributed by atoms with E-state index in [0.29, 0.717) is 30.8 Å². The number of carbonyl (C=O) groups is 1. The number of nitrogens with one attached hydrogen (secondary N) is 1. The molecule has 2 N–H and O–H groups in total. The number of carbonyl (C=O) groups excluding carboxylic acids is 1. The summed E-state index contributed by atoms with van der Waals surface area (Å²) in [5.74, 6) is -0.0940. The Kier molecular flexibility index (Phi) is 5.68. The van der Waals surface area contributed by atoms with Crippen molar-refractivity contribution >= 4 is 26.6 Å². The number of sulfone groups is 1. The first-order chi connectivity index (χ1) is 14.8. The van der Waals surface area contributed by atoms with E-state index in [9.17, 15) is 13.2 Å². The third-order valence-electron chi connectivity index (χ3n) is 5.86. The second kappa shape index (κ2) is 8.28. The van der Waals surface area contributed by atoms with Gasteiger partial charge in [0, 0.05) is 16.6 Å². The molecule has 0 aliphatic carbocycles. The number of benzene rings is 2. The molecule has 4 rings (SSSR count). The van der Waals surface area contributed by atoms with Gasteiger partial charge in [-0.3, -0.25) is 15.0 Å². The second-order valence-electron chi connectivity index (χ2n) is 7.88. The molecule has 31 heavy (non-hydrogen) atoms. The zero-order valence-electron chi connectivity index (χ0n) is 17.2. The average Bonchev–Trinajstić information content (AvgIpc) is 3.06. The molecule has 1 aromatic heterocycles. The Hall–Kier alpha value is -2.97. The number of para-hydroxylation sites is 1. The van der Waals surface area contributed by atoms with Crippen LogP contribution < -0.4 is 10.2 Å². The SMILES string of the molecule is Cc1cc(COc2ccc(C3(CC(=O)NO)CCCS3(=O)=O)cc2)c2ccccc2n1. The predicted molar refractivity (Wildman–Crippen MR) is 116 cm³/mol. The number of fused-ring (bicyclic) bond motifs is 1. The van der Waals surface area contributed by atoms with Crippen LogP contribution in [-0.2, 0) is 26.0 Å². The smallest absolute Gasteiger partial charge is 0.245 e. The van der Waals surface area contributed by atoms with Gasteiger partial charge in [-0.25, -0.2) is 13.9 Å². The van der Waals surface area contributed by atoms with Crippen LogP contribution in [0.4, 0.5) is 0 Å². The molecule has 1 atom stereocenters. The van der Waals surface area contributed by atoms with Gasteiger partial charge in [-0.15, -0.1) is 0 Å². The van der Waals surface area contributed by atoms with E-state index in [0.717, 1.165) is 22.2 Å². The lowest BCUT2D eigenvalue weighted by molar-refractivity contribution is -0.129. The van der Waals surface area contributed by atoms with Crippen LogP contribution in [0.25, 0.3) is 10.9 Å². The summed E-state index contributed by atoms with van der Waals surface area (Å²) in [5.41, 5.74) is 4.92. The van der Waals surface area contributed by atoms with Crippen molar-refractivity contribution in [3.05, 3.63) is 71.4 Å². The summed E-state index contributed by atoms with van der Waals surface area (Å²) >= 11 is 0. The molecular weight excluding hydrogens is 416 g/mol. The Bertz CT molecular complexity index is 1220. The number of hydrogen-bond donors (Lipinski definition) is 2. The number of aryl methyl sites for hydroxylation is 1. The molecule has 3 aromatic rings. The minimum absolute atomic E-state index is 0.0262. The van der Waals surface area contributed by atoms with Gasteiger partial charge in [0.1, 0.15) is 17.1 Å². The van der Waals surface area contributed by atoms with Crippen molar-refractivity contribution in [2.45, 2.75) is 37.5 Å². The Morgan fingerprint density at radius 1 is 1.19 bits per heavy atom. The van der Waals surface area contributed by atoms with E-state index in [4.69, 9.17) is 9.94 Å². The third-order valence-corrected chi connectivity index (χ3v) is 8.47. The van der Waals surface area contributed by atoms with E-state index >= 15 is 0 Å². The van der Waals surface area contributed by atoms with Crippen molar-refractivity contribution in [3.8, 4) is 5.75 Å². The summed E-state index contributed by atoms with van der Waals surface area (Å²) in [6.07, 6.45) is 0.507. The molecule has 0 radical (unpaired) electrons. The number of nitrogens with zero attached hydrogens (tertiary/aromatic N) is 1. The number of hydroxylamine groups is 1. The molecule has 1 saturated heterocycles. The van der Waals surface area contributed by atoms with Crippen LogP contribution in [0.1, 0.15) is 36.1 Å². The number of amides is 1. The Morgan fingerprint density at radius 3 is 2.61 bits per heavy atom. The highest BCUT2D eigenvalue weighted by Gasteiger charge is 2.50. The lowest BCUT2D eigenvalue weighted by Gasteiger charge is -2.27. The minimum Gasteiger partial charge on any atom is -0.489 e. The van der Waals surface area contributed by atoms with Crippen molar-refractivity contribution in [3.63, 3.8) is 0 Å². The number of ether oxygens (including phenoxy) is 1. The van der Waals surface area contributed by atoms with Gasteiger partial charge < -0.3 is 4.74 Å². The summed E-state index contributed by atoms with van der Waals surface area (Å²) in [6.45, 7) is 2.29. The lowest BCUT2D eigenvalue weighted by Crippen LogP contribution is -2.37. The van der Waals surface area contributed by atoms with Crippen LogP contribution in [0, 0.1) is 6.92 Å². The van der Waals surface area contributed by atoms with Crippen molar-refractivity contribution in [1.29, 1.82) is 0 Å². The summed E-state index contributed by atoms with van der Waals surface area (Å²) in [7, 11) is -3.52. The Morgan fingerprint density at radius 2 is 1.94 bits per heavy atom. The number of hydrogen-bond acceptors (Lipinski definition) is 6. The van der Waals surface area contributed by atoms with Gasteiger partial charge in [0.25, 0.3) is 0 Å². The summed E-state index contributed by atoms with van der Waals surface area (Å²) in [5, 5.41) is 9.95.